The third kappa shape index (κ3) is 7.60. The molecule has 1 aromatic heterocycles. The number of nitrogens with one attached hydrogen (secondary N) is 3. The number of amides is 4. The van der Waals surface area contributed by atoms with E-state index in [-0.39, 0.29) is 31.2 Å². The van der Waals surface area contributed by atoms with Crippen molar-refractivity contribution >= 4 is 50.3 Å². The van der Waals surface area contributed by atoms with Crippen LogP contribution in [0, 0.1) is 17.8 Å². The highest BCUT2D eigenvalue weighted by molar-refractivity contribution is 7.91. The third-order valence-corrected chi connectivity index (χ3v) is 13.5. The van der Waals surface area contributed by atoms with Gasteiger partial charge in [0.1, 0.15) is 29.5 Å². The van der Waals surface area contributed by atoms with Gasteiger partial charge < -0.3 is 35.0 Å². The number of benzene rings is 1. The van der Waals surface area contributed by atoms with Gasteiger partial charge in [0.2, 0.25) is 27.7 Å². The average molecular weight is 755 g/mol. The van der Waals surface area contributed by atoms with Gasteiger partial charge in [-0.2, -0.15) is 0 Å². The standard InChI is InChI=1S/C37H50N6O9S/c1-21-9-7-8-10-23-18-37(23,34(46)41-53(49,50)36(3)13-14-36)40-31(44)28-17-25(20-43(28)33(45)30(22(2)15-21)39-35(47)48)52-32-26-12-11-24(42(4)5)16-27(26)29(51-6)19-38-32/h8,10-12,16,19,21-23,25,28,30,39H,7,9,13-15,17-18,20H2,1-6H3,(H,40,44)(H,41,46)(H,47,48)/t21-,22+,23+,25+,28-,30-,37+/m0/s1. The van der Waals surface area contributed by atoms with Gasteiger partial charge in [0.05, 0.1) is 24.6 Å². The maximum absolute atomic E-state index is 14.4. The fourth-order valence-electron chi connectivity index (χ4n) is 7.60. The zero-order valence-corrected chi connectivity index (χ0v) is 31.9. The van der Waals surface area contributed by atoms with Crippen molar-refractivity contribution in [2.45, 2.75) is 94.2 Å². The smallest absolute Gasteiger partial charge is 0.405 e. The number of allylic oxidation sites excluding steroid dienone is 1. The van der Waals surface area contributed by atoms with Crippen molar-refractivity contribution in [1.82, 2.24) is 25.2 Å². The van der Waals surface area contributed by atoms with Crippen molar-refractivity contribution < 1.29 is 42.2 Å². The van der Waals surface area contributed by atoms with Gasteiger partial charge in [-0.05, 0) is 75.5 Å². The summed E-state index contributed by atoms with van der Waals surface area (Å²) in [7, 11) is 1.38. The van der Waals surface area contributed by atoms with Crippen LogP contribution in [0.3, 0.4) is 0 Å². The van der Waals surface area contributed by atoms with Crippen molar-refractivity contribution in [3.63, 3.8) is 0 Å². The Morgan fingerprint density at radius 2 is 1.87 bits per heavy atom. The molecule has 2 saturated carbocycles. The lowest BCUT2D eigenvalue weighted by Crippen LogP contribution is -2.59. The maximum Gasteiger partial charge on any atom is 0.405 e. The number of carbonyl (C=O) groups excluding carboxylic acids is 3. The van der Waals surface area contributed by atoms with Crippen molar-refractivity contribution in [2.24, 2.45) is 17.8 Å². The summed E-state index contributed by atoms with van der Waals surface area (Å²) in [6, 6.07) is 3.38. The number of pyridine rings is 1. The Kier molecular flexibility index (Phi) is 10.3. The lowest BCUT2D eigenvalue weighted by molar-refractivity contribution is -0.142. The number of hydrogen-bond acceptors (Lipinski definition) is 10. The van der Waals surface area contributed by atoms with Crippen molar-refractivity contribution in [1.29, 1.82) is 0 Å². The van der Waals surface area contributed by atoms with Crippen LogP contribution in [-0.2, 0) is 24.4 Å². The molecule has 1 aromatic carbocycles. The van der Waals surface area contributed by atoms with Crippen LogP contribution in [0.15, 0.2) is 36.5 Å². The van der Waals surface area contributed by atoms with Crippen molar-refractivity contribution in [3.8, 4) is 11.6 Å². The summed E-state index contributed by atoms with van der Waals surface area (Å²) in [6.45, 7) is 5.35. The zero-order chi connectivity index (χ0) is 38.5. The van der Waals surface area contributed by atoms with E-state index in [2.05, 4.69) is 20.3 Å². The molecule has 16 heteroatoms. The second-order valence-electron chi connectivity index (χ2n) is 15.6. The largest absolute Gasteiger partial charge is 0.494 e. The highest BCUT2D eigenvalue weighted by Crippen LogP contribution is 2.47. The van der Waals surface area contributed by atoms with Gasteiger partial charge in [0.15, 0.2) is 0 Å². The molecule has 3 fully saturated rings. The van der Waals surface area contributed by atoms with Crippen LogP contribution in [0.1, 0.15) is 65.7 Å². The number of sulfonamides is 1. The molecule has 7 atom stereocenters. The molecular weight excluding hydrogens is 705 g/mol. The first kappa shape index (κ1) is 38.1. The number of fused-ring (bicyclic) bond motifs is 3. The molecule has 15 nitrogen and oxygen atoms in total. The fourth-order valence-corrected chi connectivity index (χ4v) is 8.91. The van der Waals surface area contributed by atoms with E-state index < -0.39 is 74.1 Å². The molecule has 2 aliphatic heterocycles. The van der Waals surface area contributed by atoms with Crippen molar-refractivity contribution in [2.75, 3.05) is 32.6 Å². The minimum absolute atomic E-state index is 0.00169. The Morgan fingerprint density at radius 1 is 1.13 bits per heavy atom. The quantitative estimate of drug-likeness (QED) is 0.289. The zero-order valence-electron chi connectivity index (χ0n) is 31.0. The number of nitrogens with zero attached hydrogens (tertiary/aromatic N) is 3. The minimum Gasteiger partial charge on any atom is -0.494 e. The van der Waals surface area contributed by atoms with Crippen LogP contribution in [0.4, 0.5) is 10.5 Å². The molecule has 0 unspecified atom stereocenters. The summed E-state index contributed by atoms with van der Waals surface area (Å²) in [5.74, 6) is -2.04. The number of methoxy groups -OCH3 is 1. The Morgan fingerprint density at radius 3 is 2.53 bits per heavy atom. The summed E-state index contributed by atoms with van der Waals surface area (Å²) < 4.78 is 39.5. The van der Waals surface area contributed by atoms with Gasteiger partial charge >= 0.3 is 6.09 Å². The predicted molar refractivity (Wildman–Crippen MR) is 197 cm³/mol. The first-order valence-electron chi connectivity index (χ1n) is 18.1. The molecule has 53 heavy (non-hydrogen) atoms. The molecule has 0 radical (unpaired) electrons. The molecular formula is C37H50N6O9S. The number of hydrogen-bond donors (Lipinski definition) is 4. The Balaban J connectivity index is 1.35. The molecule has 4 aliphatic rings. The van der Waals surface area contributed by atoms with E-state index in [0.29, 0.717) is 36.8 Å². The third-order valence-electron chi connectivity index (χ3n) is 11.3. The fraction of sp³-hybridized carbons (Fsp3) is 0.595. The molecule has 288 valence electrons. The topological polar surface area (TPSA) is 197 Å². The van der Waals surface area contributed by atoms with Crippen LogP contribution in [0.25, 0.3) is 10.8 Å². The lowest BCUT2D eigenvalue weighted by Gasteiger charge is -2.32. The van der Waals surface area contributed by atoms with E-state index in [0.717, 1.165) is 17.5 Å². The van der Waals surface area contributed by atoms with Gasteiger partial charge in [-0.3, -0.25) is 19.1 Å². The molecule has 2 aliphatic carbocycles. The molecule has 6 rings (SSSR count). The van der Waals surface area contributed by atoms with E-state index in [1.54, 1.807) is 14.0 Å². The summed E-state index contributed by atoms with van der Waals surface area (Å²) in [5.41, 5.74) is -0.623. The minimum atomic E-state index is -4.00. The summed E-state index contributed by atoms with van der Waals surface area (Å²) in [5, 5.41) is 16.4. The highest BCUT2D eigenvalue weighted by atomic mass is 32.2. The molecule has 4 amide bonds. The Hall–Kier alpha value is -4.60. The second-order valence-corrected chi connectivity index (χ2v) is 17.8. The first-order valence-corrected chi connectivity index (χ1v) is 19.6. The monoisotopic (exact) mass is 754 g/mol. The lowest BCUT2D eigenvalue weighted by atomic mass is 9.88. The van der Waals surface area contributed by atoms with Crippen LogP contribution in [0.5, 0.6) is 11.6 Å². The number of carboxylic acid groups (broad SMARTS) is 1. The molecule has 2 aromatic rings. The summed E-state index contributed by atoms with van der Waals surface area (Å²) in [4.78, 5) is 62.4. The molecule has 4 N–H and O–H groups in total. The van der Waals surface area contributed by atoms with E-state index in [9.17, 15) is 32.7 Å². The van der Waals surface area contributed by atoms with Crippen LogP contribution in [-0.4, -0.2) is 103 Å². The normalized spacial score (nSPS) is 29.8. The van der Waals surface area contributed by atoms with Gasteiger partial charge in [0.25, 0.3) is 5.91 Å². The van der Waals surface area contributed by atoms with E-state index in [4.69, 9.17) is 9.47 Å². The summed E-state index contributed by atoms with van der Waals surface area (Å²) in [6.07, 6.45) is 6.16. The first-order chi connectivity index (χ1) is 25.0. The van der Waals surface area contributed by atoms with Crippen LogP contribution >= 0.6 is 0 Å². The van der Waals surface area contributed by atoms with E-state index >= 15 is 0 Å². The summed E-state index contributed by atoms with van der Waals surface area (Å²) >= 11 is 0. The Labute approximate surface area is 309 Å². The van der Waals surface area contributed by atoms with Gasteiger partial charge in [0, 0.05) is 42.9 Å². The molecule has 1 saturated heterocycles. The van der Waals surface area contributed by atoms with Gasteiger partial charge in [-0.25, -0.2) is 18.2 Å². The number of anilines is 1. The number of aromatic nitrogens is 1. The maximum atomic E-state index is 14.4. The second kappa shape index (κ2) is 14.3. The number of rotatable bonds is 8. The Bertz CT molecular complexity index is 1930. The number of ether oxygens (including phenoxy) is 2. The average Bonchev–Trinajstić information content (AvgIpc) is 3.98. The van der Waals surface area contributed by atoms with Crippen molar-refractivity contribution in [3.05, 3.63) is 36.5 Å². The van der Waals surface area contributed by atoms with E-state index in [1.807, 2.05) is 63.2 Å². The van der Waals surface area contributed by atoms with E-state index in [1.165, 1.54) is 11.1 Å². The number of carbonyl (C=O) groups is 4. The predicted octanol–water partition coefficient (Wildman–Crippen LogP) is 3.18. The van der Waals surface area contributed by atoms with Gasteiger partial charge in [-0.1, -0.05) is 26.0 Å². The molecule has 0 spiro atoms. The van der Waals surface area contributed by atoms with Crippen LogP contribution in [0.2, 0.25) is 0 Å². The van der Waals surface area contributed by atoms with Crippen LogP contribution < -0.4 is 29.7 Å². The SMILES string of the molecule is COc1cnc(O[C@@H]2C[C@H]3C(=O)N[C@]4(C(=O)NS(=O)(=O)C5(C)CC5)C[C@H]4C=CCC[C@H](C)C[C@@H](C)[C@H](NC(=O)O)C(=O)N3C2)c2ccc(N(C)C)cc12. The molecule has 0 bridgehead atoms. The van der Waals surface area contributed by atoms with Gasteiger partial charge in [-0.15, -0.1) is 0 Å². The molecule has 3 heterocycles. The highest BCUT2D eigenvalue weighted by Gasteiger charge is 2.63.